The van der Waals surface area contributed by atoms with Crippen LogP contribution in [0.25, 0.3) is 0 Å². The molecule has 0 aromatic heterocycles. The number of nitrogens with two attached hydrogens (primary N) is 3. The van der Waals surface area contributed by atoms with E-state index in [1.165, 1.54) is 19.1 Å². The first kappa shape index (κ1) is 31.2. The Morgan fingerprint density at radius 3 is 2.14 bits per heavy atom. The monoisotopic (exact) mass is 521 g/mol. The second kappa shape index (κ2) is 15.3. The topological polar surface area (TPSA) is 235 Å². The van der Waals surface area contributed by atoms with E-state index in [2.05, 4.69) is 20.9 Å². The number of rotatable bonds is 15. The molecule has 0 heterocycles. The van der Waals surface area contributed by atoms with E-state index in [0.29, 0.717) is 12.8 Å². The van der Waals surface area contributed by atoms with Gasteiger partial charge in [-0.15, -0.1) is 0 Å². The van der Waals surface area contributed by atoms with Crippen LogP contribution in [0.1, 0.15) is 45.6 Å². The van der Waals surface area contributed by atoms with Crippen LogP contribution in [0.2, 0.25) is 0 Å². The third kappa shape index (κ3) is 11.2. The van der Waals surface area contributed by atoms with Crippen molar-refractivity contribution < 1.29 is 29.4 Å². The Morgan fingerprint density at radius 1 is 0.973 bits per heavy atom. The fourth-order valence-electron chi connectivity index (χ4n) is 3.35. The van der Waals surface area contributed by atoms with Gasteiger partial charge in [-0.2, -0.15) is 0 Å². The van der Waals surface area contributed by atoms with Crippen molar-refractivity contribution in [2.45, 2.75) is 70.6 Å². The van der Waals surface area contributed by atoms with Gasteiger partial charge in [0, 0.05) is 6.54 Å². The number of nitrogens with zero attached hydrogens (tertiary/aromatic N) is 1. The molecule has 37 heavy (non-hydrogen) atoms. The first-order valence-corrected chi connectivity index (χ1v) is 12.1. The molecule has 0 bridgehead atoms. The van der Waals surface area contributed by atoms with Crippen molar-refractivity contribution in [2.24, 2.45) is 28.1 Å². The molecule has 5 atom stereocenters. The van der Waals surface area contributed by atoms with E-state index in [0.717, 1.165) is 5.56 Å². The average Bonchev–Trinajstić information content (AvgIpc) is 2.84. The highest BCUT2D eigenvalue weighted by Gasteiger charge is 2.31. The third-order valence-electron chi connectivity index (χ3n) is 5.83. The van der Waals surface area contributed by atoms with Gasteiger partial charge in [-0.3, -0.25) is 24.2 Å². The number of phenolic OH excluding ortho intramolecular Hbond substituents is 1. The summed E-state index contributed by atoms with van der Waals surface area (Å²) in [6.45, 7) is 5.11. The summed E-state index contributed by atoms with van der Waals surface area (Å²) in [5.74, 6) is -3.42. The number of amides is 3. The van der Waals surface area contributed by atoms with Crippen molar-refractivity contribution in [3.05, 3.63) is 29.8 Å². The summed E-state index contributed by atoms with van der Waals surface area (Å²) < 4.78 is 0. The van der Waals surface area contributed by atoms with Crippen molar-refractivity contribution in [1.29, 1.82) is 0 Å². The molecule has 5 unspecified atom stereocenters. The first-order chi connectivity index (χ1) is 17.3. The van der Waals surface area contributed by atoms with Gasteiger partial charge in [-0.05, 0) is 49.8 Å². The van der Waals surface area contributed by atoms with Crippen LogP contribution in [0.3, 0.4) is 0 Å². The van der Waals surface area contributed by atoms with E-state index in [1.807, 2.05) is 6.92 Å². The van der Waals surface area contributed by atoms with Gasteiger partial charge in [-0.1, -0.05) is 32.4 Å². The van der Waals surface area contributed by atoms with Crippen LogP contribution in [-0.2, 0) is 25.6 Å². The molecule has 0 radical (unpaired) electrons. The molecule has 0 spiro atoms. The highest BCUT2D eigenvalue weighted by Crippen LogP contribution is 2.12. The van der Waals surface area contributed by atoms with E-state index < -0.39 is 47.9 Å². The van der Waals surface area contributed by atoms with E-state index >= 15 is 0 Å². The maximum atomic E-state index is 13.2. The number of carbonyl (C=O) groups is 4. The average molecular weight is 522 g/mol. The highest BCUT2D eigenvalue weighted by molar-refractivity contribution is 5.94. The molecule has 3 amide bonds. The third-order valence-corrected chi connectivity index (χ3v) is 5.83. The molecule has 11 N–H and O–H groups in total. The SMILES string of the molecule is CCC(C)C(NC(=O)C(CCCN=C(N)N)NC(=O)C(N)Cc1ccc(O)cc1)C(=O)NC(C)C(=O)O. The van der Waals surface area contributed by atoms with E-state index in [9.17, 15) is 24.3 Å². The number of hydrogen-bond donors (Lipinski definition) is 8. The quantitative estimate of drug-likeness (QED) is 0.0794. The van der Waals surface area contributed by atoms with Gasteiger partial charge < -0.3 is 43.4 Å². The number of phenols is 1. The van der Waals surface area contributed by atoms with Gasteiger partial charge in [0.2, 0.25) is 17.7 Å². The summed E-state index contributed by atoms with van der Waals surface area (Å²) in [7, 11) is 0. The number of hydrogen-bond acceptors (Lipinski definition) is 7. The molecule has 0 saturated carbocycles. The highest BCUT2D eigenvalue weighted by atomic mass is 16.4. The Morgan fingerprint density at radius 2 is 1.59 bits per heavy atom. The molecule has 1 aromatic carbocycles. The van der Waals surface area contributed by atoms with Gasteiger partial charge in [-0.25, -0.2) is 0 Å². The molecule has 1 rings (SSSR count). The van der Waals surface area contributed by atoms with E-state index in [-0.39, 0.29) is 37.0 Å². The van der Waals surface area contributed by atoms with Crippen molar-refractivity contribution in [3.8, 4) is 5.75 Å². The number of aliphatic carboxylic acids is 1. The lowest BCUT2D eigenvalue weighted by Crippen LogP contribution is -2.58. The van der Waals surface area contributed by atoms with Crippen molar-refractivity contribution >= 4 is 29.7 Å². The van der Waals surface area contributed by atoms with Crippen molar-refractivity contribution in [1.82, 2.24) is 16.0 Å². The fraction of sp³-hybridized carbons (Fsp3) is 0.542. The van der Waals surface area contributed by atoms with Crippen LogP contribution in [0.15, 0.2) is 29.3 Å². The standard InChI is InChI=1S/C24H39N7O6/c1-4-13(2)19(22(35)29-14(3)23(36)37)31-21(34)18(6-5-11-28-24(26)27)30-20(33)17(25)12-15-7-9-16(32)10-8-15/h7-10,13-14,17-19,32H,4-6,11-12,25H2,1-3H3,(H,29,35)(H,30,33)(H,31,34)(H,36,37)(H4,26,27,28). The fourth-order valence-corrected chi connectivity index (χ4v) is 3.35. The molecule has 1 aromatic rings. The summed E-state index contributed by atoms with van der Waals surface area (Å²) in [6, 6.07) is 2.01. The number of nitrogens with one attached hydrogen (secondary N) is 3. The van der Waals surface area contributed by atoms with Crippen molar-refractivity contribution in [3.63, 3.8) is 0 Å². The maximum Gasteiger partial charge on any atom is 0.325 e. The Hall–Kier alpha value is -3.87. The number of aromatic hydroxyl groups is 1. The molecular formula is C24H39N7O6. The van der Waals surface area contributed by atoms with Gasteiger partial charge >= 0.3 is 5.97 Å². The number of carboxylic acids is 1. The predicted octanol–water partition coefficient (Wildman–Crippen LogP) is -1.08. The summed E-state index contributed by atoms with van der Waals surface area (Å²) >= 11 is 0. The molecule has 13 heteroatoms. The zero-order chi connectivity index (χ0) is 28.1. The Kier molecular flexibility index (Phi) is 12.9. The summed E-state index contributed by atoms with van der Waals surface area (Å²) in [5.41, 5.74) is 17.5. The number of aliphatic imine (C=N–C) groups is 1. The molecular weight excluding hydrogens is 482 g/mol. The lowest BCUT2D eigenvalue weighted by Gasteiger charge is -2.27. The van der Waals surface area contributed by atoms with Gasteiger partial charge in [0.25, 0.3) is 0 Å². The number of guanidine groups is 1. The van der Waals surface area contributed by atoms with Crippen LogP contribution >= 0.6 is 0 Å². The van der Waals surface area contributed by atoms with Crippen LogP contribution in [0, 0.1) is 5.92 Å². The predicted molar refractivity (Wildman–Crippen MR) is 138 cm³/mol. The lowest BCUT2D eigenvalue weighted by atomic mass is 9.97. The molecule has 13 nitrogen and oxygen atoms in total. The van der Waals surface area contributed by atoms with Crippen LogP contribution in [0.4, 0.5) is 0 Å². The van der Waals surface area contributed by atoms with Gasteiger partial charge in [0.15, 0.2) is 5.96 Å². The normalized spacial score (nSPS) is 14.8. The second-order valence-electron chi connectivity index (χ2n) is 8.93. The zero-order valence-corrected chi connectivity index (χ0v) is 21.4. The number of carboxylic acid groups (broad SMARTS) is 1. The Labute approximate surface area is 216 Å². The first-order valence-electron chi connectivity index (χ1n) is 12.1. The molecule has 0 fully saturated rings. The molecule has 0 aliphatic rings. The molecule has 206 valence electrons. The minimum absolute atomic E-state index is 0.0805. The zero-order valence-electron chi connectivity index (χ0n) is 21.4. The molecule has 0 aliphatic carbocycles. The van der Waals surface area contributed by atoms with Crippen LogP contribution in [-0.4, -0.2) is 70.6 Å². The minimum Gasteiger partial charge on any atom is -0.508 e. The van der Waals surface area contributed by atoms with Gasteiger partial charge in [0.05, 0.1) is 6.04 Å². The summed E-state index contributed by atoms with van der Waals surface area (Å²) in [6.07, 6.45) is 1.19. The maximum absolute atomic E-state index is 13.2. The largest absolute Gasteiger partial charge is 0.508 e. The molecule has 0 aliphatic heterocycles. The van der Waals surface area contributed by atoms with E-state index in [1.54, 1.807) is 19.1 Å². The van der Waals surface area contributed by atoms with E-state index in [4.69, 9.17) is 22.3 Å². The number of carbonyl (C=O) groups excluding carboxylic acids is 3. The molecule has 0 saturated heterocycles. The second-order valence-corrected chi connectivity index (χ2v) is 8.93. The summed E-state index contributed by atoms with van der Waals surface area (Å²) in [5, 5.41) is 26.2. The lowest BCUT2D eigenvalue weighted by molar-refractivity contribution is -0.142. The van der Waals surface area contributed by atoms with Crippen LogP contribution < -0.4 is 33.2 Å². The Bertz CT molecular complexity index is 949. The number of benzene rings is 1. The van der Waals surface area contributed by atoms with Crippen LogP contribution in [0.5, 0.6) is 5.75 Å². The van der Waals surface area contributed by atoms with Crippen molar-refractivity contribution in [2.75, 3.05) is 6.54 Å². The van der Waals surface area contributed by atoms with Gasteiger partial charge in [0.1, 0.15) is 23.9 Å². The summed E-state index contributed by atoms with van der Waals surface area (Å²) in [4.78, 5) is 53.8. The Balaban J connectivity index is 3.00. The smallest absolute Gasteiger partial charge is 0.325 e. The minimum atomic E-state index is -1.21.